The Morgan fingerprint density at radius 1 is 1.62 bits per heavy atom. The minimum absolute atomic E-state index is 0.295. The van der Waals surface area contributed by atoms with Gasteiger partial charge in [0.25, 0.3) is 0 Å². The highest BCUT2D eigenvalue weighted by Gasteiger charge is 2.11. The smallest absolute Gasteiger partial charge is 0.139 e. The van der Waals surface area contributed by atoms with Crippen LogP contribution >= 0.6 is 0 Å². The summed E-state index contributed by atoms with van der Waals surface area (Å²) < 4.78 is 13.6. The van der Waals surface area contributed by atoms with Gasteiger partial charge in [0, 0.05) is 23.1 Å². The van der Waals surface area contributed by atoms with Crippen LogP contribution in [-0.4, -0.2) is 31.3 Å². The van der Waals surface area contributed by atoms with Crippen LogP contribution in [0.15, 0.2) is 6.33 Å². The van der Waals surface area contributed by atoms with E-state index < -0.39 is 10.8 Å². The molecule has 0 saturated heterocycles. The summed E-state index contributed by atoms with van der Waals surface area (Å²) in [5.41, 5.74) is 5.50. The van der Waals surface area contributed by atoms with Crippen molar-refractivity contribution in [1.82, 2.24) is 14.8 Å². The lowest BCUT2D eigenvalue weighted by Crippen LogP contribution is -2.19. The van der Waals surface area contributed by atoms with Gasteiger partial charge in [-0.3, -0.25) is 4.21 Å². The molecule has 0 spiro atoms. The molecule has 0 aromatic carbocycles. The van der Waals surface area contributed by atoms with E-state index in [1.807, 2.05) is 11.6 Å². The van der Waals surface area contributed by atoms with Gasteiger partial charge in [-0.25, -0.2) is 9.67 Å². The molecule has 1 aromatic heterocycles. The van der Waals surface area contributed by atoms with E-state index in [2.05, 4.69) is 17.0 Å². The lowest BCUT2D eigenvalue weighted by molar-refractivity contribution is 0.578. The van der Waals surface area contributed by atoms with Gasteiger partial charge in [-0.05, 0) is 18.9 Å². The van der Waals surface area contributed by atoms with Crippen molar-refractivity contribution in [2.45, 2.75) is 32.6 Å². The summed E-state index contributed by atoms with van der Waals surface area (Å²) in [5.74, 6) is 2.22. The third kappa shape index (κ3) is 4.02. The molecule has 0 saturated carbocycles. The largest absolute Gasteiger partial charge is 0.330 e. The average molecular weight is 244 g/mol. The number of rotatable bonds is 7. The van der Waals surface area contributed by atoms with Crippen LogP contribution < -0.4 is 5.73 Å². The Morgan fingerprint density at radius 3 is 3.00 bits per heavy atom. The summed E-state index contributed by atoms with van der Waals surface area (Å²) in [4.78, 5) is 4.14. The van der Waals surface area contributed by atoms with Gasteiger partial charge in [-0.15, -0.1) is 0 Å². The van der Waals surface area contributed by atoms with Crippen LogP contribution in [0.2, 0.25) is 0 Å². The zero-order valence-corrected chi connectivity index (χ0v) is 10.7. The van der Waals surface area contributed by atoms with Gasteiger partial charge >= 0.3 is 0 Å². The van der Waals surface area contributed by atoms with Gasteiger partial charge in [-0.1, -0.05) is 13.8 Å². The van der Waals surface area contributed by atoms with E-state index in [1.54, 1.807) is 0 Å². The molecule has 0 aliphatic heterocycles. The molecule has 16 heavy (non-hydrogen) atoms. The van der Waals surface area contributed by atoms with Crippen molar-refractivity contribution >= 4 is 10.8 Å². The third-order valence-electron chi connectivity index (χ3n) is 2.29. The first-order valence-electron chi connectivity index (χ1n) is 5.59. The molecule has 0 aliphatic carbocycles. The van der Waals surface area contributed by atoms with E-state index >= 15 is 0 Å². The highest BCUT2D eigenvalue weighted by atomic mass is 32.2. The second kappa shape index (κ2) is 6.75. The fourth-order valence-corrected chi connectivity index (χ4v) is 2.79. The van der Waals surface area contributed by atoms with E-state index in [0.29, 0.717) is 24.0 Å². The Balaban J connectivity index is 2.52. The van der Waals surface area contributed by atoms with Crippen molar-refractivity contribution in [3.8, 4) is 0 Å². The SMILES string of the molecule is CCCn1ncnc1CS(=O)CC(C)CN. The van der Waals surface area contributed by atoms with Crippen LogP contribution in [0.5, 0.6) is 0 Å². The molecule has 2 atom stereocenters. The fourth-order valence-electron chi connectivity index (χ4n) is 1.39. The van der Waals surface area contributed by atoms with Gasteiger partial charge in [0.15, 0.2) is 0 Å². The molecule has 0 aliphatic rings. The lowest BCUT2D eigenvalue weighted by Gasteiger charge is -2.08. The van der Waals surface area contributed by atoms with Gasteiger partial charge < -0.3 is 5.73 Å². The first-order chi connectivity index (χ1) is 7.67. The van der Waals surface area contributed by atoms with Crippen LogP contribution in [0.3, 0.4) is 0 Å². The number of aryl methyl sites for hydroxylation is 1. The fraction of sp³-hybridized carbons (Fsp3) is 0.800. The van der Waals surface area contributed by atoms with E-state index in [4.69, 9.17) is 5.73 Å². The first-order valence-corrected chi connectivity index (χ1v) is 7.07. The van der Waals surface area contributed by atoms with E-state index in [9.17, 15) is 4.21 Å². The molecular weight excluding hydrogens is 224 g/mol. The molecule has 0 radical (unpaired) electrons. The lowest BCUT2D eigenvalue weighted by atomic mass is 10.2. The van der Waals surface area contributed by atoms with Crippen molar-refractivity contribution in [3.63, 3.8) is 0 Å². The Kier molecular flexibility index (Phi) is 5.62. The van der Waals surface area contributed by atoms with Gasteiger partial charge in [0.2, 0.25) is 0 Å². The highest BCUT2D eigenvalue weighted by Crippen LogP contribution is 2.04. The molecule has 1 aromatic rings. The molecule has 92 valence electrons. The van der Waals surface area contributed by atoms with Crippen molar-refractivity contribution in [2.75, 3.05) is 12.3 Å². The number of hydrogen-bond donors (Lipinski definition) is 1. The second-order valence-electron chi connectivity index (χ2n) is 3.99. The van der Waals surface area contributed by atoms with Gasteiger partial charge in [-0.2, -0.15) is 5.10 Å². The van der Waals surface area contributed by atoms with Crippen molar-refractivity contribution in [2.24, 2.45) is 11.7 Å². The number of nitrogens with two attached hydrogens (primary N) is 1. The quantitative estimate of drug-likeness (QED) is 0.759. The number of aromatic nitrogens is 3. The topological polar surface area (TPSA) is 73.8 Å². The molecule has 6 heteroatoms. The summed E-state index contributed by atoms with van der Waals surface area (Å²) in [7, 11) is -0.897. The second-order valence-corrected chi connectivity index (χ2v) is 5.49. The van der Waals surface area contributed by atoms with Crippen molar-refractivity contribution < 1.29 is 4.21 Å². The Labute approximate surface area is 98.9 Å². The minimum Gasteiger partial charge on any atom is -0.330 e. The Morgan fingerprint density at radius 2 is 2.38 bits per heavy atom. The van der Waals surface area contributed by atoms with Crippen LogP contribution in [0, 0.1) is 5.92 Å². The number of hydrogen-bond acceptors (Lipinski definition) is 4. The summed E-state index contributed by atoms with van der Waals surface area (Å²) >= 11 is 0. The van der Waals surface area contributed by atoms with Crippen molar-refractivity contribution in [1.29, 1.82) is 0 Å². The molecule has 1 heterocycles. The summed E-state index contributed by atoms with van der Waals surface area (Å²) in [6.07, 6.45) is 2.52. The molecule has 0 amide bonds. The van der Waals surface area contributed by atoms with Gasteiger partial charge in [0.1, 0.15) is 12.2 Å². The normalized spacial score (nSPS) is 14.9. The molecule has 1 rings (SSSR count). The summed E-state index contributed by atoms with van der Waals surface area (Å²) in [6, 6.07) is 0. The van der Waals surface area contributed by atoms with Crippen LogP contribution in [0.25, 0.3) is 0 Å². The Bertz CT molecular complexity index is 339. The minimum atomic E-state index is -0.897. The molecule has 2 N–H and O–H groups in total. The molecule has 2 unspecified atom stereocenters. The highest BCUT2D eigenvalue weighted by molar-refractivity contribution is 7.84. The van der Waals surface area contributed by atoms with Gasteiger partial charge in [0.05, 0.1) is 5.75 Å². The molecule has 5 nitrogen and oxygen atoms in total. The molecular formula is C10H20N4OS. The van der Waals surface area contributed by atoms with Crippen LogP contribution in [-0.2, 0) is 23.1 Å². The van der Waals surface area contributed by atoms with Crippen LogP contribution in [0.4, 0.5) is 0 Å². The molecule has 0 bridgehead atoms. The summed E-state index contributed by atoms with van der Waals surface area (Å²) in [6.45, 7) is 5.50. The maximum atomic E-state index is 11.8. The van der Waals surface area contributed by atoms with Crippen LogP contribution in [0.1, 0.15) is 26.1 Å². The number of nitrogens with zero attached hydrogens (tertiary/aromatic N) is 3. The zero-order chi connectivity index (χ0) is 12.0. The van der Waals surface area contributed by atoms with E-state index in [1.165, 1.54) is 6.33 Å². The standard InChI is InChI=1S/C10H20N4OS/c1-3-4-14-10(12-8-13-14)7-16(15)6-9(2)5-11/h8-9H,3-7,11H2,1-2H3. The van der Waals surface area contributed by atoms with E-state index in [-0.39, 0.29) is 0 Å². The average Bonchev–Trinajstić information content (AvgIpc) is 2.66. The monoisotopic (exact) mass is 244 g/mol. The third-order valence-corrected chi connectivity index (χ3v) is 3.81. The zero-order valence-electron chi connectivity index (χ0n) is 9.93. The molecule has 0 fully saturated rings. The maximum Gasteiger partial charge on any atom is 0.139 e. The van der Waals surface area contributed by atoms with Crippen molar-refractivity contribution in [3.05, 3.63) is 12.2 Å². The Hall–Kier alpha value is -0.750. The van der Waals surface area contributed by atoms with E-state index in [0.717, 1.165) is 18.8 Å². The first kappa shape index (κ1) is 13.3. The maximum absolute atomic E-state index is 11.8. The predicted molar refractivity (Wildman–Crippen MR) is 65.2 cm³/mol. The predicted octanol–water partition coefficient (Wildman–Crippen LogP) is 0.532. The summed E-state index contributed by atoms with van der Waals surface area (Å²) in [5, 5.41) is 4.10.